The molecule has 1 aromatic carbocycles. The fraction of sp³-hybridized carbons (Fsp3) is 0.188. The number of aryl methyl sites for hydroxylation is 1. The van der Waals surface area contributed by atoms with Gasteiger partial charge in [0.15, 0.2) is 5.82 Å². The van der Waals surface area contributed by atoms with Crippen molar-refractivity contribution in [2.45, 2.75) is 18.2 Å². The number of nitrogens with two attached hydrogens (primary N) is 1. The highest BCUT2D eigenvalue weighted by Crippen LogP contribution is 2.24. The fourth-order valence-electron chi connectivity index (χ4n) is 2.17. The summed E-state index contributed by atoms with van der Waals surface area (Å²) in [5, 5.41) is 8.73. The van der Waals surface area contributed by atoms with E-state index in [4.69, 9.17) is 5.84 Å². The Bertz CT molecular complexity index is 811. The Morgan fingerprint density at radius 1 is 1.08 bits per heavy atom. The van der Waals surface area contributed by atoms with Gasteiger partial charge in [-0.05, 0) is 48.4 Å². The maximum absolute atomic E-state index is 12.2. The maximum Gasteiger partial charge on any atom is 0.387 e. The van der Waals surface area contributed by atoms with Gasteiger partial charge >= 0.3 is 6.61 Å². The van der Waals surface area contributed by atoms with E-state index >= 15 is 0 Å². The lowest BCUT2D eigenvalue weighted by Crippen LogP contribution is -2.11. The Kier molecular flexibility index (Phi) is 5.44. The summed E-state index contributed by atoms with van der Waals surface area (Å²) < 4.78 is 30.1. The molecule has 9 heteroatoms. The predicted molar refractivity (Wildman–Crippen MR) is 90.9 cm³/mol. The van der Waals surface area contributed by atoms with E-state index in [0.29, 0.717) is 16.5 Å². The Morgan fingerprint density at radius 2 is 1.80 bits per heavy atom. The first-order valence-electron chi connectivity index (χ1n) is 7.41. The van der Waals surface area contributed by atoms with Gasteiger partial charge in [-0.3, -0.25) is 4.98 Å². The van der Waals surface area contributed by atoms with E-state index in [2.05, 4.69) is 19.9 Å². The molecule has 2 aromatic heterocycles. The Balaban J connectivity index is 1.64. The number of pyridine rings is 1. The molecule has 0 saturated carbocycles. The summed E-state index contributed by atoms with van der Waals surface area (Å²) in [6.45, 7) is -2.85. The molecule has 0 amide bonds. The smallest absolute Gasteiger partial charge is 0.387 e. The second kappa shape index (κ2) is 7.93. The first kappa shape index (κ1) is 17.2. The normalized spacial score (nSPS) is 11.0. The minimum absolute atomic E-state index is 0.0776. The molecule has 0 bridgehead atoms. The van der Waals surface area contributed by atoms with Crippen LogP contribution in [0.2, 0.25) is 0 Å². The molecule has 2 N–H and O–H groups in total. The molecule has 0 aliphatic carbocycles. The lowest BCUT2D eigenvalue weighted by Gasteiger charge is -2.06. The van der Waals surface area contributed by atoms with Crippen LogP contribution in [0.3, 0.4) is 0 Å². The number of hydrogen-bond donors (Lipinski definition) is 1. The molecule has 6 nitrogen and oxygen atoms in total. The van der Waals surface area contributed by atoms with Crippen molar-refractivity contribution in [3.63, 3.8) is 0 Å². The molecule has 130 valence electrons. The third-order valence-corrected chi connectivity index (χ3v) is 4.32. The number of thioether (sulfide) groups is 1. The van der Waals surface area contributed by atoms with Crippen molar-refractivity contribution in [3.05, 3.63) is 54.4 Å². The van der Waals surface area contributed by atoms with Gasteiger partial charge in [0.25, 0.3) is 0 Å². The van der Waals surface area contributed by atoms with Crippen LogP contribution >= 0.6 is 11.8 Å². The van der Waals surface area contributed by atoms with E-state index in [1.165, 1.54) is 34.1 Å². The Morgan fingerprint density at radius 3 is 2.48 bits per heavy atom. The van der Waals surface area contributed by atoms with E-state index < -0.39 is 6.61 Å². The summed E-state index contributed by atoms with van der Waals surface area (Å²) >= 11 is 1.49. The average molecular weight is 363 g/mol. The molecule has 0 unspecified atom stereocenters. The number of nitrogen functional groups attached to an aromatic ring is 1. The number of nitrogens with zero attached hydrogens (tertiary/aromatic N) is 4. The molecule has 25 heavy (non-hydrogen) atoms. The molecule has 2 heterocycles. The van der Waals surface area contributed by atoms with Gasteiger partial charge in [-0.2, -0.15) is 8.78 Å². The van der Waals surface area contributed by atoms with Crippen molar-refractivity contribution in [2.24, 2.45) is 0 Å². The van der Waals surface area contributed by atoms with Crippen LogP contribution in [0.25, 0.3) is 11.4 Å². The quantitative estimate of drug-likeness (QED) is 0.514. The molecule has 0 spiro atoms. The number of benzene rings is 1. The minimum Gasteiger partial charge on any atom is -0.435 e. The van der Waals surface area contributed by atoms with E-state index in [0.717, 1.165) is 12.2 Å². The van der Waals surface area contributed by atoms with Crippen LogP contribution in [0.15, 0.2) is 53.9 Å². The Hall–Kier alpha value is -2.68. The molecule has 3 aromatic rings. The summed E-state index contributed by atoms with van der Waals surface area (Å²) in [6, 6.07) is 10.0. The molecule has 0 radical (unpaired) electrons. The fourth-order valence-corrected chi connectivity index (χ4v) is 3.01. The van der Waals surface area contributed by atoms with Gasteiger partial charge in [-0.1, -0.05) is 11.8 Å². The number of halogens is 2. The molecule has 0 aliphatic rings. The van der Waals surface area contributed by atoms with Crippen LogP contribution < -0.4 is 10.6 Å². The van der Waals surface area contributed by atoms with Crippen LogP contribution in [0.4, 0.5) is 8.78 Å². The van der Waals surface area contributed by atoms with Gasteiger partial charge in [0.1, 0.15) is 5.75 Å². The van der Waals surface area contributed by atoms with Gasteiger partial charge in [-0.15, -0.1) is 10.2 Å². The van der Waals surface area contributed by atoms with E-state index in [9.17, 15) is 8.78 Å². The summed E-state index contributed by atoms with van der Waals surface area (Å²) in [4.78, 5) is 3.98. The SMILES string of the molecule is Nn1c(SCCc2ccncc2)nnc1-c1ccc(OC(F)F)cc1. The highest BCUT2D eigenvalue weighted by Gasteiger charge is 2.13. The number of aromatic nitrogens is 4. The highest BCUT2D eigenvalue weighted by atomic mass is 32.2. The summed E-state index contributed by atoms with van der Waals surface area (Å²) in [5.41, 5.74) is 1.85. The molecule has 0 aliphatic heterocycles. The van der Waals surface area contributed by atoms with Crippen molar-refractivity contribution in [3.8, 4) is 17.1 Å². The van der Waals surface area contributed by atoms with Gasteiger partial charge < -0.3 is 10.6 Å². The minimum atomic E-state index is -2.85. The largest absolute Gasteiger partial charge is 0.435 e. The lowest BCUT2D eigenvalue weighted by atomic mass is 10.2. The average Bonchev–Trinajstić information content (AvgIpc) is 2.97. The summed E-state index contributed by atoms with van der Waals surface area (Å²) in [5.74, 6) is 7.37. The number of ether oxygens (including phenoxy) is 1. The van der Waals surface area contributed by atoms with Crippen LogP contribution in [-0.2, 0) is 6.42 Å². The van der Waals surface area contributed by atoms with Gasteiger partial charge in [-0.25, -0.2) is 4.68 Å². The molecular formula is C16H15F2N5OS. The number of hydrogen-bond acceptors (Lipinski definition) is 6. The summed E-state index contributed by atoms with van der Waals surface area (Å²) in [6.07, 6.45) is 4.37. The van der Waals surface area contributed by atoms with Crippen LogP contribution in [0.5, 0.6) is 5.75 Å². The van der Waals surface area contributed by atoms with Crippen LogP contribution in [0.1, 0.15) is 5.56 Å². The standard InChI is InChI=1S/C16H15F2N5OS/c17-15(18)24-13-3-1-12(2-4-13)14-21-22-16(23(14)19)25-10-7-11-5-8-20-9-6-11/h1-6,8-9,15H,7,10,19H2. The number of rotatable bonds is 7. The molecule has 3 rings (SSSR count). The molecule has 0 atom stereocenters. The lowest BCUT2D eigenvalue weighted by molar-refractivity contribution is -0.0498. The van der Waals surface area contributed by atoms with Gasteiger partial charge in [0.2, 0.25) is 5.16 Å². The zero-order valence-corrected chi connectivity index (χ0v) is 13.9. The van der Waals surface area contributed by atoms with E-state index in [1.54, 1.807) is 24.5 Å². The topological polar surface area (TPSA) is 78.9 Å². The Labute approximate surface area is 147 Å². The zero-order chi connectivity index (χ0) is 17.6. The third kappa shape index (κ3) is 4.44. The van der Waals surface area contributed by atoms with Gasteiger partial charge in [0, 0.05) is 23.7 Å². The first-order valence-corrected chi connectivity index (χ1v) is 8.39. The molecule has 0 fully saturated rings. The third-order valence-electron chi connectivity index (χ3n) is 3.37. The van der Waals surface area contributed by atoms with Crippen LogP contribution in [-0.4, -0.2) is 32.2 Å². The van der Waals surface area contributed by atoms with Crippen molar-refractivity contribution >= 4 is 11.8 Å². The second-order valence-corrected chi connectivity index (χ2v) is 6.10. The van der Waals surface area contributed by atoms with Crippen molar-refractivity contribution < 1.29 is 13.5 Å². The second-order valence-electron chi connectivity index (χ2n) is 5.03. The maximum atomic E-state index is 12.2. The summed E-state index contributed by atoms with van der Waals surface area (Å²) in [7, 11) is 0. The van der Waals surface area contributed by atoms with Crippen LogP contribution in [0, 0.1) is 0 Å². The van der Waals surface area contributed by atoms with Gasteiger partial charge in [0.05, 0.1) is 0 Å². The van der Waals surface area contributed by atoms with Crippen molar-refractivity contribution in [1.29, 1.82) is 0 Å². The molecular weight excluding hydrogens is 348 g/mol. The van der Waals surface area contributed by atoms with E-state index in [1.807, 2.05) is 12.1 Å². The zero-order valence-electron chi connectivity index (χ0n) is 13.0. The molecule has 0 saturated heterocycles. The number of alkyl halides is 2. The van der Waals surface area contributed by atoms with Crippen molar-refractivity contribution in [1.82, 2.24) is 19.9 Å². The first-order chi connectivity index (χ1) is 12.1. The van der Waals surface area contributed by atoms with Crippen molar-refractivity contribution in [2.75, 3.05) is 11.6 Å². The monoisotopic (exact) mass is 363 g/mol. The van der Waals surface area contributed by atoms with E-state index in [-0.39, 0.29) is 5.75 Å². The predicted octanol–water partition coefficient (Wildman–Crippen LogP) is 2.99. The highest BCUT2D eigenvalue weighted by molar-refractivity contribution is 7.99.